The van der Waals surface area contributed by atoms with Crippen LogP contribution < -0.4 is 5.32 Å². The fourth-order valence-electron chi connectivity index (χ4n) is 3.23. The number of aliphatic hydroxyl groups is 1. The zero-order valence-electron chi connectivity index (χ0n) is 13.0. The van der Waals surface area contributed by atoms with Crippen molar-refractivity contribution in [1.82, 2.24) is 15.1 Å². The van der Waals surface area contributed by atoms with Crippen molar-refractivity contribution >= 4 is 16.8 Å². The average molecular weight is 301 g/mol. The lowest BCUT2D eigenvalue weighted by Gasteiger charge is -2.38. The minimum atomic E-state index is -0.327. The molecule has 0 spiro atoms. The lowest BCUT2D eigenvalue weighted by molar-refractivity contribution is -0.123. The third kappa shape index (κ3) is 2.99. The summed E-state index contributed by atoms with van der Waals surface area (Å²) in [7, 11) is 0. The summed E-state index contributed by atoms with van der Waals surface area (Å²) in [6.45, 7) is 2.78. The number of rotatable bonds is 4. The molecule has 1 fully saturated rings. The van der Waals surface area contributed by atoms with Gasteiger partial charge in [0.1, 0.15) is 6.54 Å². The monoisotopic (exact) mass is 301 g/mol. The van der Waals surface area contributed by atoms with E-state index in [0.717, 1.165) is 36.6 Å². The molecule has 0 saturated heterocycles. The van der Waals surface area contributed by atoms with E-state index < -0.39 is 0 Å². The molecule has 2 N–H and O–H groups in total. The van der Waals surface area contributed by atoms with Crippen LogP contribution in [0.25, 0.3) is 10.9 Å². The molecule has 1 aromatic heterocycles. The number of nitrogens with one attached hydrogen (secondary N) is 1. The summed E-state index contributed by atoms with van der Waals surface area (Å²) < 4.78 is 1.71. The van der Waals surface area contributed by atoms with Gasteiger partial charge in [-0.3, -0.25) is 9.48 Å². The Morgan fingerprint density at radius 2 is 2.27 bits per heavy atom. The van der Waals surface area contributed by atoms with E-state index in [1.807, 2.05) is 24.3 Å². The number of aromatic nitrogens is 2. The molecule has 1 heterocycles. The SMILES string of the molecule is C[C@]1(CNC(=O)Cn2ncc3ccccc32)CCCC[C@@H]1O. The van der Waals surface area contributed by atoms with Gasteiger partial charge in [0, 0.05) is 17.3 Å². The average Bonchev–Trinajstić information content (AvgIpc) is 2.92. The first kappa shape index (κ1) is 15.0. The maximum Gasteiger partial charge on any atom is 0.241 e. The summed E-state index contributed by atoms with van der Waals surface area (Å²) in [4.78, 5) is 12.2. The van der Waals surface area contributed by atoms with Crippen LogP contribution in [0.4, 0.5) is 0 Å². The molecule has 1 aliphatic rings. The molecule has 3 rings (SSSR count). The lowest BCUT2D eigenvalue weighted by atomic mass is 9.73. The summed E-state index contributed by atoms with van der Waals surface area (Å²) in [5, 5.41) is 18.4. The van der Waals surface area contributed by atoms with E-state index in [4.69, 9.17) is 0 Å². The first-order valence-electron chi connectivity index (χ1n) is 7.94. The highest BCUT2D eigenvalue weighted by Crippen LogP contribution is 2.35. The molecule has 1 aromatic carbocycles. The van der Waals surface area contributed by atoms with Crippen LogP contribution in [-0.2, 0) is 11.3 Å². The molecule has 0 radical (unpaired) electrons. The molecule has 1 amide bonds. The predicted molar refractivity (Wildman–Crippen MR) is 85.3 cm³/mol. The molecule has 0 aliphatic heterocycles. The van der Waals surface area contributed by atoms with Crippen molar-refractivity contribution in [2.45, 2.75) is 45.3 Å². The Balaban J connectivity index is 1.61. The number of aliphatic hydroxyl groups excluding tert-OH is 1. The third-order valence-electron chi connectivity index (χ3n) is 4.81. The van der Waals surface area contributed by atoms with Gasteiger partial charge in [0.05, 0.1) is 17.8 Å². The number of hydrogen-bond donors (Lipinski definition) is 2. The number of hydrogen-bond acceptors (Lipinski definition) is 3. The van der Waals surface area contributed by atoms with Gasteiger partial charge in [0.2, 0.25) is 5.91 Å². The second kappa shape index (κ2) is 6.08. The first-order valence-corrected chi connectivity index (χ1v) is 7.94. The van der Waals surface area contributed by atoms with E-state index in [1.165, 1.54) is 0 Å². The Morgan fingerprint density at radius 3 is 3.09 bits per heavy atom. The van der Waals surface area contributed by atoms with Gasteiger partial charge in [-0.1, -0.05) is 38.0 Å². The first-order chi connectivity index (χ1) is 10.6. The molecule has 0 bridgehead atoms. The minimum absolute atomic E-state index is 0.0622. The van der Waals surface area contributed by atoms with Gasteiger partial charge >= 0.3 is 0 Å². The number of nitrogens with zero attached hydrogens (tertiary/aromatic N) is 2. The number of para-hydroxylation sites is 1. The number of carbonyl (C=O) groups is 1. The van der Waals surface area contributed by atoms with Gasteiger partial charge in [-0.2, -0.15) is 5.10 Å². The normalized spacial score (nSPS) is 25.3. The van der Waals surface area contributed by atoms with Crippen LogP contribution in [0.15, 0.2) is 30.5 Å². The van der Waals surface area contributed by atoms with Crippen LogP contribution in [0.5, 0.6) is 0 Å². The molecule has 1 saturated carbocycles. The van der Waals surface area contributed by atoms with Crippen molar-refractivity contribution in [3.05, 3.63) is 30.5 Å². The molecule has 118 valence electrons. The van der Waals surface area contributed by atoms with Crippen molar-refractivity contribution < 1.29 is 9.90 Å². The Morgan fingerprint density at radius 1 is 1.45 bits per heavy atom. The van der Waals surface area contributed by atoms with Gasteiger partial charge in [-0.15, -0.1) is 0 Å². The van der Waals surface area contributed by atoms with E-state index in [2.05, 4.69) is 17.3 Å². The topological polar surface area (TPSA) is 67.2 Å². The second-order valence-electron chi connectivity index (χ2n) is 6.55. The molecule has 1 aliphatic carbocycles. The second-order valence-corrected chi connectivity index (χ2v) is 6.55. The van der Waals surface area contributed by atoms with Gasteiger partial charge in [-0.05, 0) is 18.9 Å². The van der Waals surface area contributed by atoms with E-state index in [9.17, 15) is 9.90 Å². The number of benzene rings is 1. The van der Waals surface area contributed by atoms with Crippen LogP contribution in [0.1, 0.15) is 32.6 Å². The van der Waals surface area contributed by atoms with Crippen molar-refractivity contribution in [1.29, 1.82) is 0 Å². The fourth-order valence-corrected chi connectivity index (χ4v) is 3.23. The highest BCUT2D eigenvalue weighted by Gasteiger charge is 2.35. The van der Waals surface area contributed by atoms with Gasteiger partial charge in [-0.25, -0.2) is 0 Å². The molecule has 2 atom stereocenters. The molecule has 22 heavy (non-hydrogen) atoms. The summed E-state index contributed by atoms with van der Waals surface area (Å²) in [6, 6.07) is 7.84. The van der Waals surface area contributed by atoms with Crippen LogP contribution in [-0.4, -0.2) is 33.4 Å². The summed E-state index contributed by atoms with van der Waals surface area (Å²) in [6.07, 6.45) is 5.42. The molecular weight excluding hydrogens is 278 g/mol. The van der Waals surface area contributed by atoms with Gasteiger partial charge in [0.25, 0.3) is 0 Å². The third-order valence-corrected chi connectivity index (χ3v) is 4.81. The lowest BCUT2D eigenvalue weighted by Crippen LogP contribution is -2.45. The highest BCUT2D eigenvalue weighted by atomic mass is 16.3. The quantitative estimate of drug-likeness (QED) is 0.908. The van der Waals surface area contributed by atoms with E-state index in [1.54, 1.807) is 10.9 Å². The minimum Gasteiger partial charge on any atom is -0.392 e. The Hall–Kier alpha value is -1.88. The summed E-state index contributed by atoms with van der Waals surface area (Å²) >= 11 is 0. The van der Waals surface area contributed by atoms with Gasteiger partial charge < -0.3 is 10.4 Å². The standard InChI is InChI=1S/C17H23N3O2/c1-17(9-5-4-8-15(17)21)12-18-16(22)11-20-14-7-3-2-6-13(14)10-19-20/h2-3,6-7,10,15,21H,4-5,8-9,11-12H2,1H3,(H,18,22)/t15-,17+/m0/s1. The van der Waals surface area contributed by atoms with E-state index >= 15 is 0 Å². The zero-order valence-corrected chi connectivity index (χ0v) is 13.0. The van der Waals surface area contributed by atoms with E-state index in [-0.39, 0.29) is 24.0 Å². The van der Waals surface area contributed by atoms with Crippen molar-refractivity contribution in [3.8, 4) is 0 Å². The smallest absolute Gasteiger partial charge is 0.241 e. The maximum absolute atomic E-state index is 12.2. The van der Waals surface area contributed by atoms with Crippen LogP contribution >= 0.6 is 0 Å². The van der Waals surface area contributed by atoms with Crippen molar-refractivity contribution in [2.24, 2.45) is 5.41 Å². The number of carbonyl (C=O) groups excluding carboxylic acids is 1. The summed E-state index contributed by atoms with van der Waals surface area (Å²) in [5.41, 5.74) is 0.752. The number of fused-ring (bicyclic) bond motifs is 1. The Labute approximate surface area is 130 Å². The van der Waals surface area contributed by atoms with Crippen molar-refractivity contribution in [3.63, 3.8) is 0 Å². The molecule has 5 heteroatoms. The zero-order chi connectivity index (χ0) is 15.6. The summed E-state index contributed by atoms with van der Waals surface area (Å²) in [5.74, 6) is -0.0622. The predicted octanol–water partition coefficient (Wildman–Crippen LogP) is 2.09. The van der Waals surface area contributed by atoms with Gasteiger partial charge in [0.15, 0.2) is 0 Å². The maximum atomic E-state index is 12.2. The highest BCUT2D eigenvalue weighted by molar-refractivity contribution is 5.81. The van der Waals surface area contributed by atoms with Crippen LogP contribution in [0, 0.1) is 5.41 Å². The molecule has 0 unspecified atom stereocenters. The fraction of sp³-hybridized carbons (Fsp3) is 0.529. The Kier molecular flexibility index (Phi) is 4.16. The van der Waals surface area contributed by atoms with Crippen LogP contribution in [0.2, 0.25) is 0 Å². The van der Waals surface area contributed by atoms with Crippen LogP contribution in [0.3, 0.4) is 0 Å². The van der Waals surface area contributed by atoms with Crippen molar-refractivity contribution in [2.75, 3.05) is 6.54 Å². The largest absolute Gasteiger partial charge is 0.392 e. The Bertz CT molecular complexity index is 667. The molecular formula is C17H23N3O2. The number of amides is 1. The molecule has 2 aromatic rings. The van der Waals surface area contributed by atoms with E-state index in [0.29, 0.717) is 6.54 Å². The molecule has 5 nitrogen and oxygen atoms in total.